The van der Waals surface area contributed by atoms with Gasteiger partial charge in [-0.1, -0.05) is 12.1 Å². The van der Waals surface area contributed by atoms with Crippen LogP contribution in [0, 0.1) is 11.3 Å². The van der Waals surface area contributed by atoms with Crippen molar-refractivity contribution in [3.05, 3.63) is 66.5 Å². The topological polar surface area (TPSA) is 107 Å². The number of nitrogens with zero attached hydrogens (tertiary/aromatic N) is 5. The van der Waals surface area contributed by atoms with Gasteiger partial charge in [0, 0.05) is 35.9 Å². The number of anilines is 3. The standard InChI is InChI=1S/C24H20N6O2/c25-15-22-20(5-2-8-26-22)27-17-6-7-19-21(14-17)28-23(16-3-1-4-18(31)13-16)29-24(19)30-9-11-32-12-10-30/h1-8,13-14,27,31H,9-12H2. The maximum Gasteiger partial charge on any atom is 0.163 e. The molecule has 5 rings (SSSR count). The second-order valence-corrected chi connectivity index (χ2v) is 7.39. The Morgan fingerprint density at radius 1 is 1.03 bits per heavy atom. The van der Waals surface area contributed by atoms with E-state index in [-0.39, 0.29) is 5.75 Å². The number of aromatic nitrogens is 3. The van der Waals surface area contributed by atoms with E-state index >= 15 is 0 Å². The molecule has 1 aliphatic rings. The molecule has 2 N–H and O–H groups in total. The lowest BCUT2D eigenvalue weighted by atomic mass is 10.1. The normalized spacial score (nSPS) is 13.7. The van der Waals surface area contributed by atoms with E-state index in [1.54, 1.807) is 30.5 Å². The molecule has 4 aromatic rings. The number of phenolic OH excluding ortho intramolecular Hbond substituents is 1. The van der Waals surface area contributed by atoms with Crippen molar-refractivity contribution >= 4 is 28.1 Å². The largest absolute Gasteiger partial charge is 0.508 e. The SMILES string of the molecule is N#Cc1ncccc1Nc1ccc2c(N3CCOCC3)nc(-c3cccc(O)c3)nc2c1. The Morgan fingerprint density at radius 3 is 2.72 bits per heavy atom. The number of benzene rings is 2. The number of hydrogen-bond donors (Lipinski definition) is 2. The Morgan fingerprint density at radius 2 is 1.91 bits per heavy atom. The summed E-state index contributed by atoms with van der Waals surface area (Å²) in [4.78, 5) is 15.9. The zero-order valence-electron chi connectivity index (χ0n) is 17.2. The van der Waals surface area contributed by atoms with Crippen LogP contribution in [-0.2, 0) is 4.74 Å². The molecule has 0 saturated carbocycles. The molecule has 2 aromatic heterocycles. The molecule has 0 aliphatic carbocycles. The van der Waals surface area contributed by atoms with E-state index in [0.717, 1.165) is 41.1 Å². The first kappa shape index (κ1) is 19.7. The van der Waals surface area contributed by atoms with Crippen LogP contribution in [0.3, 0.4) is 0 Å². The van der Waals surface area contributed by atoms with Crippen molar-refractivity contribution in [2.75, 3.05) is 36.5 Å². The van der Waals surface area contributed by atoms with Gasteiger partial charge >= 0.3 is 0 Å². The number of aromatic hydroxyl groups is 1. The fourth-order valence-electron chi connectivity index (χ4n) is 3.73. The molecule has 158 valence electrons. The maximum absolute atomic E-state index is 9.94. The number of fused-ring (bicyclic) bond motifs is 1. The summed E-state index contributed by atoms with van der Waals surface area (Å²) in [5.74, 6) is 1.53. The van der Waals surface area contributed by atoms with Crippen molar-refractivity contribution in [1.82, 2.24) is 15.0 Å². The molecule has 32 heavy (non-hydrogen) atoms. The van der Waals surface area contributed by atoms with Crippen LogP contribution in [0.1, 0.15) is 5.69 Å². The quantitative estimate of drug-likeness (QED) is 0.509. The van der Waals surface area contributed by atoms with Gasteiger partial charge in [0.05, 0.1) is 24.4 Å². The Labute approximate surface area is 184 Å². The van der Waals surface area contributed by atoms with Gasteiger partial charge in [0.1, 0.15) is 17.6 Å². The van der Waals surface area contributed by atoms with Gasteiger partial charge < -0.3 is 20.1 Å². The van der Waals surface area contributed by atoms with E-state index in [2.05, 4.69) is 21.3 Å². The second kappa shape index (κ2) is 8.49. The minimum Gasteiger partial charge on any atom is -0.508 e. The Hall–Kier alpha value is -4.22. The molecule has 0 atom stereocenters. The van der Waals surface area contributed by atoms with E-state index in [1.165, 1.54) is 0 Å². The van der Waals surface area contributed by atoms with Crippen LogP contribution in [0.4, 0.5) is 17.2 Å². The van der Waals surface area contributed by atoms with Crippen LogP contribution < -0.4 is 10.2 Å². The predicted octanol–water partition coefficient (Wildman–Crippen LogP) is 3.85. The zero-order chi connectivity index (χ0) is 21.9. The fraction of sp³-hybridized carbons (Fsp3) is 0.167. The minimum absolute atomic E-state index is 0.162. The Bertz CT molecular complexity index is 1330. The van der Waals surface area contributed by atoms with E-state index < -0.39 is 0 Å². The molecule has 0 spiro atoms. The second-order valence-electron chi connectivity index (χ2n) is 7.39. The van der Waals surface area contributed by atoms with Crippen LogP contribution in [0.15, 0.2) is 60.8 Å². The number of morpholine rings is 1. The monoisotopic (exact) mass is 424 g/mol. The molecule has 2 aromatic carbocycles. The first-order valence-electron chi connectivity index (χ1n) is 10.3. The van der Waals surface area contributed by atoms with Crippen LogP contribution in [0.2, 0.25) is 0 Å². The summed E-state index contributed by atoms with van der Waals surface area (Å²) < 4.78 is 5.51. The van der Waals surface area contributed by atoms with Crippen LogP contribution in [0.5, 0.6) is 5.75 Å². The summed E-state index contributed by atoms with van der Waals surface area (Å²) in [6, 6.07) is 18.5. The number of pyridine rings is 1. The van der Waals surface area contributed by atoms with Crippen LogP contribution in [-0.4, -0.2) is 46.4 Å². The van der Waals surface area contributed by atoms with Gasteiger partial charge in [0.2, 0.25) is 0 Å². The molecular formula is C24H20N6O2. The molecule has 8 nitrogen and oxygen atoms in total. The highest BCUT2D eigenvalue weighted by atomic mass is 16.5. The van der Waals surface area contributed by atoms with Gasteiger partial charge in [0.25, 0.3) is 0 Å². The average molecular weight is 424 g/mol. The molecule has 3 heterocycles. The van der Waals surface area contributed by atoms with E-state index in [4.69, 9.17) is 14.7 Å². The summed E-state index contributed by atoms with van der Waals surface area (Å²) in [6.45, 7) is 2.77. The van der Waals surface area contributed by atoms with E-state index in [0.29, 0.717) is 30.4 Å². The molecule has 1 fully saturated rings. The highest BCUT2D eigenvalue weighted by Gasteiger charge is 2.18. The number of ether oxygens (including phenoxy) is 1. The van der Waals surface area contributed by atoms with Gasteiger partial charge in [-0.25, -0.2) is 15.0 Å². The fourth-order valence-corrected chi connectivity index (χ4v) is 3.73. The van der Waals surface area contributed by atoms with Gasteiger partial charge in [-0.3, -0.25) is 0 Å². The molecule has 0 amide bonds. The third-order valence-corrected chi connectivity index (χ3v) is 5.28. The van der Waals surface area contributed by atoms with Crippen molar-refractivity contribution < 1.29 is 9.84 Å². The molecule has 1 aliphatic heterocycles. The smallest absolute Gasteiger partial charge is 0.163 e. The summed E-state index contributed by atoms with van der Waals surface area (Å²) >= 11 is 0. The zero-order valence-corrected chi connectivity index (χ0v) is 17.2. The molecular weight excluding hydrogens is 404 g/mol. The van der Waals surface area contributed by atoms with Crippen molar-refractivity contribution in [2.45, 2.75) is 0 Å². The van der Waals surface area contributed by atoms with Gasteiger partial charge in [-0.2, -0.15) is 5.26 Å². The number of phenols is 1. The van der Waals surface area contributed by atoms with Gasteiger partial charge in [-0.05, 0) is 42.5 Å². The first-order chi connectivity index (χ1) is 15.7. The molecule has 8 heteroatoms. The average Bonchev–Trinajstić information content (AvgIpc) is 2.84. The third kappa shape index (κ3) is 3.89. The summed E-state index contributed by atoms with van der Waals surface area (Å²) in [6.07, 6.45) is 1.59. The molecule has 0 unspecified atom stereocenters. The van der Waals surface area contributed by atoms with Crippen LogP contribution in [0.25, 0.3) is 22.3 Å². The highest BCUT2D eigenvalue weighted by molar-refractivity contribution is 5.93. The van der Waals surface area contributed by atoms with E-state index in [9.17, 15) is 10.4 Å². The van der Waals surface area contributed by atoms with Crippen molar-refractivity contribution in [3.8, 4) is 23.2 Å². The Kier molecular flexibility index (Phi) is 5.24. The van der Waals surface area contributed by atoms with Gasteiger partial charge in [0.15, 0.2) is 11.5 Å². The number of nitriles is 1. The number of hydrogen-bond acceptors (Lipinski definition) is 8. The maximum atomic E-state index is 9.94. The Balaban J connectivity index is 1.62. The lowest BCUT2D eigenvalue weighted by Crippen LogP contribution is -2.37. The highest BCUT2D eigenvalue weighted by Crippen LogP contribution is 2.31. The first-order valence-corrected chi connectivity index (χ1v) is 10.3. The van der Waals surface area contributed by atoms with Crippen LogP contribution >= 0.6 is 0 Å². The number of rotatable bonds is 4. The summed E-state index contributed by atoms with van der Waals surface area (Å²) in [5, 5.41) is 23.5. The van der Waals surface area contributed by atoms with Crippen molar-refractivity contribution in [2.24, 2.45) is 0 Å². The van der Waals surface area contributed by atoms with Crippen molar-refractivity contribution in [3.63, 3.8) is 0 Å². The van der Waals surface area contributed by atoms with E-state index in [1.807, 2.05) is 30.3 Å². The van der Waals surface area contributed by atoms with Gasteiger partial charge in [-0.15, -0.1) is 0 Å². The van der Waals surface area contributed by atoms with Crippen molar-refractivity contribution in [1.29, 1.82) is 5.26 Å². The molecule has 0 bridgehead atoms. The number of nitrogens with one attached hydrogen (secondary N) is 1. The minimum atomic E-state index is 0.162. The molecule has 1 saturated heterocycles. The predicted molar refractivity (Wildman–Crippen MR) is 122 cm³/mol. The lowest BCUT2D eigenvalue weighted by molar-refractivity contribution is 0.122. The summed E-state index contributed by atoms with van der Waals surface area (Å²) in [5.41, 5.74) is 3.23. The summed E-state index contributed by atoms with van der Waals surface area (Å²) in [7, 11) is 0. The lowest BCUT2D eigenvalue weighted by Gasteiger charge is -2.29. The third-order valence-electron chi connectivity index (χ3n) is 5.28. The molecule has 0 radical (unpaired) electrons.